The van der Waals surface area contributed by atoms with Crippen molar-refractivity contribution in [2.24, 2.45) is 0 Å². The van der Waals surface area contributed by atoms with Gasteiger partial charge >= 0.3 is 5.76 Å². The van der Waals surface area contributed by atoms with Gasteiger partial charge in [0.15, 0.2) is 0 Å². The van der Waals surface area contributed by atoms with E-state index in [4.69, 9.17) is 11.6 Å². The normalized spacial score (nSPS) is 11.5. The van der Waals surface area contributed by atoms with Gasteiger partial charge in [0.1, 0.15) is 0 Å². The van der Waals surface area contributed by atoms with Crippen LogP contribution in [0.1, 0.15) is 10.4 Å². The lowest BCUT2D eigenvalue weighted by molar-refractivity contribution is 0.102. The minimum absolute atomic E-state index is 0.244. The Morgan fingerprint density at radius 3 is 2.18 bits per heavy atom. The minimum atomic E-state index is -4.65. The van der Waals surface area contributed by atoms with E-state index in [2.05, 4.69) is 5.32 Å². The molecule has 2 rings (SSSR count). The molecule has 2 aromatic carbocycles. The highest BCUT2D eigenvalue weighted by Crippen LogP contribution is 2.21. The molecule has 0 radical (unpaired) electrons. The van der Waals surface area contributed by atoms with Crippen molar-refractivity contribution in [3.05, 3.63) is 59.1 Å². The third-order valence-corrected chi connectivity index (χ3v) is 4.52. The fraction of sp³-hybridized carbons (Fsp3) is 0.0714. The molecule has 0 aromatic heterocycles. The molecule has 22 heavy (non-hydrogen) atoms. The summed E-state index contributed by atoms with van der Waals surface area (Å²) in [6, 6.07) is 10.8. The molecule has 1 N–H and O–H groups in total. The largest absolute Gasteiger partial charge is 0.341 e. The van der Waals surface area contributed by atoms with Gasteiger partial charge in [0.25, 0.3) is 5.91 Å². The summed E-state index contributed by atoms with van der Waals surface area (Å²) in [5.74, 6) is -3.98. The molecule has 0 aliphatic carbocycles. The Labute approximate surface area is 130 Å². The lowest BCUT2D eigenvalue weighted by Crippen LogP contribution is -2.13. The van der Waals surface area contributed by atoms with E-state index >= 15 is 0 Å². The highest BCUT2D eigenvalue weighted by atomic mass is 35.5. The van der Waals surface area contributed by atoms with Gasteiger partial charge < -0.3 is 5.32 Å². The Morgan fingerprint density at radius 1 is 1.05 bits per heavy atom. The van der Waals surface area contributed by atoms with Crippen molar-refractivity contribution in [1.82, 2.24) is 0 Å². The third-order valence-electron chi connectivity index (χ3n) is 2.79. The predicted molar refractivity (Wildman–Crippen MR) is 79.0 cm³/mol. The molecule has 0 atom stereocenters. The SMILES string of the molecule is O=C(Nc1ccc(S(=O)(=O)C(F)F)cc1)c1ccccc1Cl. The van der Waals surface area contributed by atoms with Crippen molar-refractivity contribution in [3.8, 4) is 0 Å². The maximum atomic E-state index is 12.4. The number of nitrogens with one attached hydrogen (secondary N) is 1. The number of alkyl halides is 2. The van der Waals surface area contributed by atoms with Crippen LogP contribution in [0.2, 0.25) is 5.02 Å². The number of amides is 1. The van der Waals surface area contributed by atoms with E-state index in [-0.39, 0.29) is 16.3 Å². The second-order valence-corrected chi connectivity index (χ2v) is 6.59. The van der Waals surface area contributed by atoms with Gasteiger partial charge in [-0.25, -0.2) is 8.42 Å². The van der Waals surface area contributed by atoms with Crippen LogP contribution in [0.25, 0.3) is 0 Å². The van der Waals surface area contributed by atoms with Gasteiger partial charge in [-0.2, -0.15) is 8.78 Å². The van der Waals surface area contributed by atoms with Gasteiger partial charge in [-0.1, -0.05) is 23.7 Å². The van der Waals surface area contributed by atoms with Crippen LogP contribution in [0.5, 0.6) is 0 Å². The summed E-state index contributed by atoms with van der Waals surface area (Å²) >= 11 is 5.88. The van der Waals surface area contributed by atoms with Gasteiger partial charge in [-0.05, 0) is 36.4 Å². The van der Waals surface area contributed by atoms with E-state index in [0.717, 1.165) is 12.1 Å². The summed E-state index contributed by atoms with van der Waals surface area (Å²) in [6.07, 6.45) is 0. The van der Waals surface area contributed by atoms with Crippen molar-refractivity contribution >= 4 is 33.0 Å². The molecule has 116 valence electrons. The zero-order chi connectivity index (χ0) is 16.3. The Bertz CT molecular complexity index is 792. The minimum Gasteiger partial charge on any atom is -0.322 e. The number of hydrogen-bond acceptors (Lipinski definition) is 3. The second-order valence-electron chi connectivity index (χ2n) is 4.26. The molecule has 0 bridgehead atoms. The highest BCUT2D eigenvalue weighted by molar-refractivity contribution is 7.91. The van der Waals surface area contributed by atoms with Crippen LogP contribution in [0.4, 0.5) is 14.5 Å². The highest BCUT2D eigenvalue weighted by Gasteiger charge is 2.26. The first-order valence-corrected chi connectivity index (χ1v) is 7.93. The number of benzene rings is 2. The van der Waals surface area contributed by atoms with E-state index in [0.29, 0.717) is 0 Å². The number of anilines is 1. The Hall–Kier alpha value is -1.99. The molecule has 0 saturated heterocycles. The van der Waals surface area contributed by atoms with Crippen LogP contribution in [0, 0.1) is 0 Å². The van der Waals surface area contributed by atoms with Crippen molar-refractivity contribution in [1.29, 1.82) is 0 Å². The lowest BCUT2D eigenvalue weighted by Gasteiger charge is -2.08. The standard InChI is InChI=1S/C14H10ClF2NO3S/c15-12-4-2-1-3-11(12)13(19)18-9-5-7-10(8-6-9)22(20,21)14(16)17/h1-8,14H,(H,18,19). The first kappa shape index (κ1) is 16.4. The topological polar surface area (TPSA) is 63.2 Å². The molecular formula is C14H10ClF2NO3S. The van der Waals surface area contributed by atoms with Crippen molar-refractivity contribution in [2.45, 2.75) is 10.7 Å². The molecule has 0 spiro atoms. The zero-order valence-electron chi connectivity index (χ0n) is 11.0. The van der Waals surface area contributed by atoms with Crippen molar-refractivity contribution in [2.75, 3.05) is 5.32 Å². The number of halogens is 3. The number of hydrogen-bond donors (Lipinski definition) is 1. The Kier molecular flexibility index (Phi) is 4.77. The monoisotopic (exact) mass is 345 g/mol. The summed E-state index contributed by atoms with van der Waals surface area (Å²) < 4.78 is 47.4. The van der Waals surface area contributed by atoms with Crippen LogP contribution in [0.15, 0.2) is 53.4 Å². The number of sulfone groups is 1. The number of rotatable bonds is 4. The average Bonchev–Trinajstić information content (AvgIpc) is 2.48. The summed E-state index contributed by atoms with van der Waals surface area (Å²) in [5.41, 5.74) is 0.506. The molecular weight excluding hydrogens is 336 g/mol. The van der Waals surface area contributed by atoms with Crippen LogP contribution >= 0.6 is 11.6 Å². The summed E-state index contributed by atoms with van der Waals surface area (Å²) in [4.78, 5) is 11.5. The fourth-order valence-corrected chi connectivity index (χ4v) is 2.62. The van der Waals surface area contributed by atoms with E-state index in [1.54, 1.807) is 18.2 Å². The van der Waals surface area contributed by atoms with E-state index < -0.39 is 26.4 Å². The maximum Gasteiger partial charge on any atom is 0.341 e. The summed E-state index contributed by atoms with van der Waals surface area (Å²) in [7, 11) is -4.65. The van der Waals surface area contributed by atoms with Crippen LogP contribution in [-0.4, -0.2) is 20.1 Å². The molecule has 8 heteroatoms. The van der Waals surface area contributed by atoms with E-state index in [9.17, 15) is 22.0 Å². The molecule has 1 amide bonds. The molecule has 0 fully saturated rings. The first-order chi connectivity index (χ1) is 10.3. The molecule has 0 unspecified atom stereocenters. The molecule has 0 heterocycles. The smallest absolute Gasteiger partial charge is 0.322 e. The van der Waals surface area contributed by atoms with E-state index in [1.165, 1.54) is 18.2 Å². The predicted octanol–water partition coefficient (Wildman–Crippen LogP) is 3.59. The van der Waals surface area contributed by atoms with Gasteiger partial charge in [-0.15, -0.1) is 0 Å². The van der Waals surface area contributed by atoms with Gasteiger partial charge in [0, 0.05) is 5.69 Å². The quantitative estimate of drug-likeness (QED) is 0.921. The van der Waals surface area contributed by atoms with Gasteiger partial charge in [0.05, 0.1) is 15.5 Å². The molecule has 0 saturated carbocycles. The molecule has 4 nitrogen and oxygen atoms in total. The molecule has 0 aliphatic heterocycles. The lowest BCUT2D eigenvalue weighted by atomic mass is 10.2. The van der Waals surface area contributed by atoms with Crippen molar-refractivity contribution < 1.29 is 22.0 Å². The van der Waals surface area contributed by atoms with Crippen LogP contribution in [0.3, 0.4) is 0 Å². The van der Waals surface area contributed by atoms with Gasteiger partial charge in [-0.3, -0.25) is 4.79 Å². The average molecular weight is 346 g/mol. The van der Waals surface area contributed by atoms with E-state index in [1.807, 2.05) is 0 Å². The Balaban J connectivity index is 2.19. The maximum absolute atomic E-state index is 12.4. The van der Waals surface area contributed by atoms with Crippen LogP contribution in [-0.2, 0) is 9.84 Å². The zero-order valence-corrected chi connectivity index (χ0v) is 12.5. The molecule has 0 aliphatic rings. The van der Waals surface area contributed by atoms with Gasteiger partial charge in [0.2, 0.25) is 9.84 Å². The van der Waals surface area contributed by atoms with Crippen molar-refractivity contribution in [3.63, 3.8) is 0 Å². The number of carbonyl (C=O) groups is 1. The molecule has 2 aromatic rings. The third kappa shape index (κ3) is 3.42. The second kappa shape index (κ2) is 6.41. The Morgan fingerprint density at radius 2 is 1.64 bits per heavy atom. The van der Waals surface area contributed by atoms with Crippen LogP contribution < -0.4 is 5.32 Å². The first-order valence-electron chi connectivity index (χ1n) is 6.00. The summed E-state index contributed by atoms with van der Waals surface area (Å²) in [6.45, 7) is 0. The fourth-order valence-electron chi connectivity index (χ4n) is 1.67. The summed E-state index contributed by atoms with van der Waals surface area (Å²) in [5, 5.41) is 2.76. The number of carbonyl (C=O) groups excluding carboxylic acids is 1.